The molecular formula is C25H30N2O2. The van der Waals surface area contributed by atoms with Gasteiger partial charge in [0, 0.05) is 22.3 Å². The summed E-state index contributed by atoms with van der Waals surface area (Å²) in [4.78, 5) is 22.7. The smallest absolute Gasteiger partial charge is 0.186 e. The molecule has 0 unspecified atom stereocenters. The first kappa shape index (κ1) is 21.0. The molecule has 0 fully saturated rings. The minimum Gasteiger partial charge on any atom is -0.497 e. The molecule has 4 heteroatoms. The molecule has 1 aliphatic heterocycles. The fourth-order valence-electron chi connectivity index (χ4n) is 3.45. The zero-order valence-electron chi connectivity index (χ0n) is 18.7. The van der Waals surface area contributed by atoms with Crippen molar-refractivity contribution in [3.8, 4) is 5.75 Å². The molecule has 152 valence electrons. The first-order valence-corrected chi connectivity index (χ1v) is 9.94. The highest BCUT2D eigenvalue weighted by molar-refractivity contribution is 6.49. The van der Waals surface area contributed by atoms with Crippen molar-refractivity contribution >= 4 is 17.2 Å². The highest BCUT2D eigenvalue weighted by Gasteiger charge is 2.35. The maximum absolute atomic E-state index is 13.1. The van der Waals surface area contributed by atoms with E-state index in [2.05, 4.69) is 41.5 Å². The van der Waals surface area contributed by atoms with Crippen molar-refractivity contribution in [1.82, 2.24) is 0 Å². The Bertz CT molecular complexity index is 966. The van der Waals surface area contributed by atoms with Crippen LogP contribution in [0.4, 0.5) is 0 Å². The Hall–Kier alpha value is -2.75. The van der Waals surface area contributed by atoms with E-state index < -0.39 is 0 Å². The van der Waals surface area contributed by atoms with Crippen LogP contribution in [0.2, 0.25) is 0 Å². The monoisotopic (exact) mass is 390 g/mol. The first-order chi connectivity index (χ1) is 13.4. The summed E-state index contributed by atoms with van der Waals surface area (Å²) in [5.74, 6) is 1.58. The summed E-state index contributed by atoms with van der Waals surface area (Å²) in [6, 6.07) is 7.82. The summed E-state index contributed by atoms with van der Waals surface area (Å²) in [5.41, 5.74) is 4.69. The third kappa shape index (κ3) is 4.16. The standard InChI is InChI=1S/C25H30N2O2/c1-15-21(16-9-11-18(29-8)12-10-16)27-23(26-15)17-13-19(24(2,3)4)22(28)20(14-17)25(5,6)7/h9-14H,1-8H3. The average molecular weight is 391 g/mol. The molecule has 0 radical (unpaired) electrons. The van der Waals surface area contributed by atoms with Gasteiger partial charge in [0.15, 0.2) is 11.6 Å². The number of ketones is 1. The summed E-state index contributed by atoms with van der Waals surface area (Å²) in [6.45, 7) is 14.4. The minimum atomic E-state index is -0.256. The molecular weight excluding hydrogens is 360 g/mol. The lowest BCUT2D eigenvalue weighted by Crippen LogP contribution is -2.28. The highest BCUT2D eigenvalue weighted by atomic mass is 16.5. The summed E-state index contributed by atoms with van der Waals surface area (Å²) < 4.78 is 5.25. The zero-order chi connectivity index (χ0) is 21.6. The Balaban J connectivity index is 2.15. The lowest BCUT2D eigenvalue weighted by molar-refractivity contribution is -0.114. The van der Waals surface area contributed by atoms with Gasteiger partial charge in [-0.15, -0.1) is 0 Å². The van der Waals surface area contributed by atoms with E-state index in [1.807, 2.05) is 43.3 Å². The number of nitrogens with zero attached hydrogens (tertiary/aromatic N) is 2. The molecule has 1 aromatic rings. The van der Waals surface area contributed by atoms with Gasteiger partial charge in [0.1, 0.15) is 5.75 Å². The van der Waals surface area contributed by atoms with Gasteiger partial charge in [-0.25, -0.2) is 9.98 Å². The van der Waals surface area contributed by atoms with Gasteiger partial charge in [0.2, 0.25) is 0 Å². The number of ether oxygens (including phenoxy) is 1. The Morgan fingerprint density at radius 1 is 0.828 bits per heavy atom. The van der Waals surface area contributed by atoms with Crippen LogP contribution in [0.1, 0.15) is 54.0 Å². The molecule has 0 amide bonds. The van der Waals surface area contributed by atoms with E-state index in [0.717, 1.165) is 39.5 Å². The summed E-state index contributed by atoms with van der Waals surface area (Å²) in [6.07, 6.45) is 3.92. The molecule has 0 saturated carbocycles. The molecule has 0 saturated heterocycles. The van der Waals surface area contributed by atoms with E-state index in [4.69, 9.17) is 14.7 Å². The van der Waals surface area contributed by atoms with Crippen molar-refractivity contribution < 1.29 is 9.53 Å². The topological polar surface area (TPSA) is 51.0 Å². The van der Waals surface area contributed by atoms with Crippen LogP contribution in [-0.4, -0.2) is 24.3 Å². The van der Waals surface area contributed by atoms with Crippen LogP contribution < -0.4 is 4.74 Å². The van der Waals surface area contributed by atoms with E-state index in [-0.39, 0.29) is 16.6 Å². The average Bonchev–Trinajstić information content (AvgIpc) is 3.01. The number of rotatable bonds is 2. The fraction of sp³-hybridized carbons (Fsp3) is 0.400. The number of benzene rings is 1. The van der Waals surface area contributed by atoms with E-state index in [1.165, 1.54) is 0 Å². The quantitative estimate of drug-likeness (QED) is 0.650. The van der Waals surface area contributed by atoms with Gasteiger partial charge >= 0.3 is 0 Å². The SMILES string of the molecule is COc1ccc(C2=NC(=C3C=C(C(C)(C)C)C(=O)C(C(C)(C)C)=C3)N=C2C)cc1. The van der Waals surface area contributed by atoms with E-state index in [9.17, 15) is 4.79 Å². The second-order valence-electron chi connectivity index (χ2n) is 9.61. The molecule has 4 nitrogen and oxygen atoms in total. The molecule has 0 aromatic heterocycles. The molecule has 0 N–H and O–H groups in total. The Morgan fingerprint density at radius 3 is 1.79 bits per heavy atom. The molecule has 0 spiro atoms. The van der Waals surface area contributed by atoms with Gasteiger partial charge in [0.25, 0.3) is 0 Å². The van der Waals surface area contributed by atoms with E-state index in [1.54, 1.807) is 7.11 Å². The number of hydrogen-bond acceptors (Lipinski definition) is 4. The molecule has 3 rings (SSSR count). The number of Topliss-reactive ketones (excluding diaryl/α,β-unsaturated/α-hetero) is 1. The van der Waals surface area contributed by atoms with Crippen LogP contribution in [0.15, 0.2) is 68.9 Å². The third-order valence-corrected chi connectivity index (χ3v) is 5.16. The van der Waals surface area contributed by atoms with Crippen LogP contribution in [0, 0.1) is 10.8 Å². The summed E-state index contributed by atoms with van der Waals surface area (Å²) in [5, 5.41) is 0. The van der Waals surface area contributed by atoms with Gasteiger partial charge in [0.05, 0.1) is 18.5 Å². The molecule has 0 bridgehead atoms. The van der Waals surface area contributed by atoms with Crippen LogP contribution in [0.5, 0.6) is 5.75 Å². The maximum atomic E-state index is 13.1. The molecule has 2 aliphatic rings. The second-order valence-corrected chi connectivity index (χ2v) is 9.61. The van der Waals surface area contributed by atoms with Crippen molar-refractivity contribution in [2.75, 3.05) is 7.11 Å². The molecule has 1 aromatic carbocycles. The van der Waals surface area contributed by atoms with Crippen molar-refractivity contribution in [2.24, 2.45) is 20.8 Å². The van der Waals surface area contributed by atoms with E-state index >= 15 is 0 Å². The molecule has 1 aliphatic carbocycles. The summed E-state index contributed by atoms with van der Waals surface area (Å²) >= 11 is 0. The van der Waals surface area contributed by atoms with Gasteiger partial charge in [-0.3, -0.25) is 4.79 Å². The van der Waals surface area contributed by atoms with Crippen LogP contribution in [0.25, 0.3) is 0 Å². The fourth-order valence-corrected chi connectivity index (χ4v) is 3.45. The minimum absolute atomic E-state index is 0.118. The number of aliphatic imine (C=N–C) groups is 2. The van der Waals surface area contributed by atoms with Crippen LogP contribution in [0.3, 0.4) is 0 Å². The first-order valence-electron chi connectivity index (χ1n) is 9.94. The van der Waals surface area contributed by atoms with Crippen LogP contribution in [-0.2, 0) is 4.79 Å². The van der Waals surface area contributed by atoms with Crippen molar-refractivity contribution in [1.29, 1.82) is 0 Å². The Morgan fingerprint density at radius 2 is 1.34 bits per heavy atom. The number of methoxy groups -OCH3 is 1. The predicted molar refractivity (Wildman–Crippen MR) is 120 cm³/mol. The Labute approximate surface area is 173 Å². The normalized spacial score (nSPS) is 17.7. The van der Waals surface area contributed by atoms with Crippen molar-refractivity contribution in [3.63, 3.8) is 0 Å². The Kier molecular flexibility index (Phi) is 5.24. The molecule has 1 heterocycles. The molecule has 0 atom stereocenters. The lowest BCUT2D eigenvalue weighted by atomic mass is 9.72. The van der Waals surface area contributed by atoms with Gasteiger partial charge in [-0.2, -0.15) is 0 Å². The number of carbonyl (C=O) groups excluding carboxylic acids is 1. The lowest BCUT2D eigenvalue weighted by Gasteiger charge is -2.31. The van der Waals surface area contributed by atoms with Gasteiger partial charge in [-0.05, 0) is 54.2 Å². The van der Waals surface area contributed by atoms with Crippen molar-refractivity contribution in [2.45, 2.75) is 48.5 Å². The third-order valence-electron chi connectivity index (χ3n) is 5.16. The van der Waals surface area contributed by atoms with Crippen molar-refractivity contribution in [3.05, 3.63) is 64.5 Å². The van der Waals surface area contributed by atoms with Gasteiger partial charge < -0.3 is 4.74 Å². The number of carbonyl (C=O) groups is 1. The number of hydrogen-bond donors (Lipinski definition) is 0. The second kappa shape index (κ2) is 7.25. The molecule has 29 heavy (non-hydrogen) atoms. The highest BCUT2D eigenvalue weighted by Crippen LogP contribution is 2.40. The maximum Gasteiger partial charge on any atom is 0.186 e. The summed E-state index contributed by atoms with van der Waals surface area (Å²) in [7, 11) is 1.65. The predicted octanol–water partition coefficient (Wildman–Crippen LogP) is 5.70. The van der Waals surface area contributed by atoms with Crippen LogP contribution >= 0.6 is 0 Å². The van der Waals surface area contributed by atoms with E-state index in [0.29, 0.717) is 5.82 Å². The number of allylic oxidation sites excluding steroid dienone is 5. The largest absolute Gasteiger partial charge is 0.497 e. The van der Waals surface area contributed by atoms with Gasteiger partial charge in [-0.1, -0.05) is 41.5 Å². The zero-order valence-corrected chi connectivity index (χ0v) is 18.7.